The molecule has 10 rings (SSSR count). The van der Waals surface area contributed by atoms with Crippen molar-refractivity contribution in [1.29, 1.82) is 0 Å². The Morgan fingerprint density at radius 1 is 0.556 bits per heavy atom. The van der Waals surface area contributed by atoms with Gasteiger partial charge < -0.3 is 9.13 Å². The van der Waals surface area contributed by atoms with Gasteiger partial charge in [0.1, 0.15) is 0 Å². The van der Waals surface area contributed by atoms with Gasteiger partial charge >= 0.3 is 0 Å². The number of benzene rings is 7. The monoisotopic (exact) mass is 837 g/mol. The molecule has 0 atom stereocenters. The summed E-state index contributed by atoms with van der Waals surface area (Å²) in [4.78, 5) is 14.3. The van der Waals surface area contributed by atoms with Crippen LogP contribution >= 0.6 is 11.3 Å². The second-order valence-electron chi connectivity index (χ2n) is 14.3. The molecule has 6 heteroatoms. The molecule has 0 saturated heterocycles. The molecule has 310 valence electrons. The Kier molecular flexibility index (Phi) is 14.3. The predicted octanol–water partition coefficient (Wildman–Crippen LogP) is 15.8. The lowest BCUT2D eigenvalue weighted by Crippen LogP contribution is -2.05. The summed E-state index contributed by atoms with van der Waals surface area (Å²) in [5.41, 5.74) is 8.67. The topological polar surface area (TPSA) is 46.9 Å². The van der Waals surface area contributed by atoms with E-state index in [1.54, 1.807) is 18.2 Å². The van der Waals surface area contributed by atoms with Crippen LogP contribution in [0.1, 0.15) is 37.5 Å². The van der Waals surface area contributed by atoms with Crippen molar-refractivity contribution in [3.8, 4) is 11.4 Å². The maximum Gasteiger partial charge on any atom is 0.161 e. The van der Waals surface area contributed by atoms with Gasteiger partial charge in [-0.2, -0.15) is 0 Å². The summed E-state index contributed by atoms with van der Waals surface area (Å²) in [6, 6.07) is 59.7. The molecule has 0 spiro atoms. The van der Waals surface area contributed by atoms with Gasteiger partial charge in [-0.05, 0) is 79.9 Å². The Bertz CT molecular complexity index is 3230. The summed E-state index contributed by atoms with van der Waals surface area (Å²) in [5, 5.41) is 6.24. The lowest BCUT2D eigenvalue weighted by atomic mass is 10.1. The van der Waals surface area contributed by atoms with E-state index in [0.717, 1.165) is 28.1 Å². The summed E-state index contributed by atoms with van der Waals surface area (Å²) >= 11 is 1.85. The van der Waals surface area contributed by atoms with E-state index in [4.69, 9.17) is 9.98 Å². The maximum atomic E-state index is 5.09. The van der Waals surface area contributed by atoms with Gasteiger partial charge in [0.25, 0.3) is 0 Å². The molecule has 0 fully saturated rings. The largest absolute Gasteiger partial charge is 0.317 e. The number of aromatic nitrogens is 2. The van der Waals surface area contributed by atoms with Crippen LogP contribution in [0.3, 0.4) is 0 Å². The highest BCUT2D eigenvalue weighted by molar-refractivity contribution is 7.25. The van der Waals surface area contributed by atoms with Crippen LogP contribution in [0, 0.1) is 0 Å². The average molecular weight is 838 g/mol. The van der Waals surface area contributed by atoms with Gasteiger partial charge in [-0.25, -0.2) is 9.98 Å². The summed E-state index contributed by atoms with van der Waals surface area (Å²) in [7, 11) is 0. The molecule has 0 unspecified atom stereocenters. The van der Waals surface area contributed by atoms with E-state index in [1.807, 2.05) is 92.8 Å². The van der Waals surface area contributed by atoms with E-state index in [0.29, 0.717) is 18.2 Å². The predicted molar refractivity (Wildman–Crippen MR) is 277 cm³/mol. The third-order valence-corrected chi connectivity index (χ3v) is 11.4. The number of thiophene rings is 1. The lowest BCUT2D eigenvalue weighted by Gasteiger charge is -2.11. The van der Waals surface area contributed by atoms with E-state index in [2.05, 4.69) is 156 Å². The highest BCUT2D eigenvalue weighted by atomic mass is 32.1. The zero-order valence-corrected chi connectivity index (χ0v) is 37.0. The van der Waals surface area contributed by atoms with Crippen LogP contribution in [-0.2, 0) is 6.54 Å². The molecule has 3 heterocycles. The first-order valence-electron chi connectivity index (χ1n) is 21.1. The Morgan fingerprint density at radius 2 is 1.14 bits per heavy atom. The molecule has 0 bridgehead atoms. The number of fused-ring (bicyclic) bond motifs is 7. The molecule has 0 amide bonds. The second-order valence-corrected chi connectivity index (χ2v) is 15.3. The molecule has 10 aromatic rings. The van der Waals surface area contributed by atoms with E-state index in [1.165, 1.54) is 52.9 Å². The van der Waals surface area contributed by atoms with Gasteiger partial charge in [0.05, 0.1) is 23.1 Å². The fourth-order valence-electron chi connectivity index (χ4n) is 7.57. The maximum absolute atomic E-state index is 5.09. The van der Waals surface area contributed by atoms with Crippen molar-refractivity contribution in [3.05, 3.63) is 231 Å². The van der Waals surface area contributed by atoms with Crippen LogP contribution in [0.2, 0.25) is 0 Å². The molecule has 3 aromatic heterocycles. The number of nitrogens with zero attached hydrogens (tertiary/aromatic N) is 5. The van der Waals surface area contributed by atoms with Crippen LogP contribution in [0.15, 0.2) is 229 Å². The fraction of sp³-hybridized carbons (Fsp3) is 0.0702. The summed E-state index contributed by atoms with van der Waals surface area (Å²) in [6.07, 6.45) is 7.20. The molecule has 0 saturated carbocycles. The normalized spacial score (nSPS) is 11.3. The SMILES string of the molecule is C=CC.C=CC=C.C=NC(=NC(=NCc1cccc(-n2c3cc4ccn(-c5ccccc5)c4cc3c3cc4c(cc32)sc2ccccc24)c1)c1ccccc1)c1ccccc1.CC. The molecule has 0 N–H and O–H groups in total. The number of amidine groups is 2. The minimum absolute atomic E-state index is 0.447. The minimum atomic E-state index is 0.447. The van der Waals surface area contributed by atoms with Crippen molar-refractivity contribution >= 4 is 82.6 Å². The van der Waals surface area contributed by atoms with Gasteiger partial charge in [0.2, 0.25) is 0 Å². The number of para-hydroxylation sites is 1. The van der Waals surface area contributed by atoms with E-state index >= 15 is 0 Å². The number of hydrogen-bond acceptors (Lipinski definition) is 2. The molecule has 7 aromatic carbocycles. The first kappa shape index (κ1) is 43.4. The van der Waals surface area contributed by atoms with Gasteiger partial charge in [0.15, 0.2) is 11.7 Å². The third kappa shape index (κ3) is 9.32. The fourth-order valence-corrected chi connectivity index (χ4v) is 8.69. The van der Waals surface area contributed by atoms with Crippen LogP contribution < -0.4 is 0 Å². The van der Waals surface area contributed by atoms with Gasteiger partial charge in [-0.15, -0.1) is 17.9 Å². The van der Waals surface area contributed by atoms with Crippen LogP contribution in [0.25, 0.3) is 64.3 Å². The van der Waals surface area contributed by atoms with Gasteiger partial charge in [0, 0.05) is 65.0 Å². The Morgan fingerprint density at radius 3 is 1.81 bits per heavy atom. The molecule has 0 aliphatic carbocycles. The first-order valence-corrected chi connectivity index (χ1v) is 21.9. The Balaban J connectivity index is 0.000000612. The lowest BCUT2D eigenvalue weighted by molar-refractivity contribution is 1.05. The summed E-state index contributed by atoms with van der Waals surface area (Å²) in [5.74, 6) is 1.15. The van der Waals surface area contributed by atoms with Crippen molar-refractivity contribution in [2.45, 2.75) is 27.3 Å². The molecule has 0 aliphatic rings. The third-order valence-electron chi connectivity index (χ3n) is 10.3. The van der Waals surface area contributed by atoms with Gasteiger partial charge in [-0.1, -0.05) is 154 Å². The van der Waals surface area contributed by atoms with E-state index in [9.17, 15) is 0 Å². The Labute approximate surface area is 374 Å². The van der Waals surface area contributed by atoms with E-state index in [-0.39, 0.29) is 0 Å². The number of allylic oxidation sites excluding steroid dienone is 3. The minimum Gasteiger partial charge on any atom is -0.317 e. The molecule has 0 radical (unpaired) electrons. The molecule has 5 nitrogen and oxygen atoms in total. The first-order chi connectivity index (χ1) is 31.0. The van der Waals surface area contributed by atoms with Gasteiger partial charge in [-0.3, -0.25) is 4.99 Å². The molecule has 0 aliphatic heterocycles. The summed E-state index contributed by atoms with van der Waals surface area (Å²) in [6.45, 7) is 20.2. The van der Waals surface area contributed by atoms with Crippen molar-refractivity contribution in [2.75, 3.05) is 0 Å². The smallest absolute Gasteiger partial charge is 0.161 e. The number of hydrogen-bond donors (Lipinski definition) is 0. The van der Waals surface area contributed by atoms with Crippen LogP contribution in [-0.4, -0.2) is 27.5 Å². The zero-order valence-electron chi connectivity index (χ0n) is 36.2. The molecular weight excluding hydrogens is 787 g/mol. The van der Waals surface area contributed by atoms with Crippen molar-refractivity contribution in [2.24, 2.45) is 15.0 Å². The summed E-state index contributed by atoms with van der Waals surface area (Å²) < 4.78 is 7.29. The van der Waals surface area contributed by atoms with Crippen molar-refractivity contribution in [1.82, 2.24) is 9.13 Å². The van der Waals surface area contributed by atoms with Crippen molar-refractivity contribution < 1.29 is 0 Å². The molecular formula is C57H51N5S. The number of rotatable bonds is 7. The van der Waals surface area contributed by atoms with Crippen LogP contribution in [0.4, 0.5) is 0 Å². The molecule has 63 heavy (non-hydrogen) atoms. The highest BCUT2D eigenvalue weighted by Crippen LogP contribution is 2.42. The van der Waals surface area contributed by atoms with E-state index < -0.39 is 0 Å². The number of aliphatic imine (C=N–C) groups is 3. The highest BCUT2D eigenvalue weighted by Gasteiger charge is 2.18. The standard InChI is InChI=1S/C48H33N5S.C4H6.C3H6.C2H6/c1-49-47(33-15-5-2-6-16-33)51-48(34-17-7-3-8-18-34)50-31-32-14-13-21-37(26-32)53-43-27-35-24-25-52(36-19-9-4-10-20-36)42(35)29-40(43)39-28-41-38-22-11-12-23-45(38)54-46(41)30-44(39)53;1-3-4-2;1-3-2;1-2/h2-30H,1,31H2;3-4H,1-2H2;3H,1H2,2H3;1-2H3. The quantitative estimate of drug-likeness (QED) is 0.0664. The zero-order chi connectivity index (χ0) is 44.1. The van der Waals surface area contributed by atoms with Crippen LogP contribution in [0.5, 0.6) is 0 Å². The van der Waals surface area contributed by atoms with Crippen molar-refractivity contribution in [3.63, 3.8) is 0 Å². The Hall–Kier alpha value is -7.67. The second kappa shape index (κ2) is 20.7. The average Bonchev–Trinajstić information content (AvgIpc) is 4.03.